The molecular formula is C14H9F20NO4S. The topological polar surface area (TPSA) is 69.4 Å². The number of nitrogens with zero attached hydrogens (tertiary/aromatic N) is 1. The fraction of sp³-hybridized carbons (Fsp3) is 0.929. The second kappa shape index (κ2) is 10.4. The van der Waals surface area contributed by atoms with Crippen LogP contribution in [-0.2, 0) is 14.9 Å². The van der Waals surface area contributed by atoms with E-state index in [1.165, 1.54) is 0 Å². The number of halogens is 20. The van der Waals surface area contributed by atoms with Crippen molar-refractivity contribution < 1.29 is 110 Å². The summed E-state index contributed by atoms with van der Waals surface area (Å²) in [5.74, 6) is -59.1. The Morgan fingerprint density at radius 2 is 0.950 bits per heavy atom. The first-order valence-electron chi connectivity index (χ1n) is 9.04. The van der Waals surface area contributed by atoms with Crippen molar-refractivity contribution in [2.45, 2.75) is 60.1 Å². The monoisotopic (exact) mass is 667 g/mol. The number of hydrogen-bond donors (Lipinski definition) is 0. The van der Waals surface area contributed by atoms with Crippen LogP contribution in [0.4, 0.5) is 87.8 Å². The van der Waals surface area contributed by atoms with Crippen LogP contribution in [0, 0.1) is 0 Å². The highest BCUT2D eigenvalue weighted by atomic mass is 32.2. The van der Waals surface area contributed by atoms with E-state index >= 15 is 0 Å². The summed E-state index contributed by atoms with van der Waals surface area (Å²) in [6, 6.07) is 0. The van der Waals surface area contributed by atoms with Crippen molar-refractivity contribution >= 4 is 16.0 Å². The van der Waals surface area contributed by atoms with Crippen molar-refractivity contribution in [3.63, 3.8) is 0 Å². The SMILES string of the molecule is CC[N+]1=C(C(F)(F)C(F)(F)C(F)(F)C(F)(F)C(F)(F)C(F)(F)C(F)(F)C(F)(F)F)OCC1.O=S(=O)([O-])C(F)(F)F. The lowest BCUT2D eigenvalue weighted by Gasteiger charge is -2.42. The Morgan fingerprint density at radius 3 is 1.23 bits per heavy atom. The average Bonchev–Trinajstić information content (AvgIpc) is 3.20. The molecule has 240 valence electrons. The molecule has 26 heteroatoms. The van der Waals surface area contributed by atoms with Gasteiger partial charge in [0.25, 0.3) is 0 Å². The largest absolute Gasteiger partial charge is 0.741 e. The van der Waals surface area contributed by atoms with Gasteiger partial charge in [0.15, 0.2) is 23.3 Å². The molecule has 0 aliphatic carbocycles. The van der Waals surface area contributed by atoms with E-state index < -0.39 is 88.9 Å². The molecule has 0 fully saturated rings. The van der Waals surface area contributed by atoms with Gasteiger partial charge in [-0.2, -0.15) is 92.4 Å². The normalized spacial score (nSPS) is 17.4. The van der Waals surface area contributed by atoms with Gasteiger partial charge in [0, 0.05) is 0 Å². The Morgan fingerprint density at radius 1 is 0.650 bits per heavy atom. The van der Waals surface area contributed by atoms with Gasteiger partial charge in [-0.25, -0.2) is 8.42 Å². The lowest BCUT2D eigenvalue weighted by Crippen LogP contribution is -2.75. The molecule has 0 aromatic heterocycles. The van der Waals surface area contributed by atoms with Gasteiger partial charge in [-0.15, -0.1) is 0 Å². The van der Waals surface area contributed by atoms with E-state index in [1.807, 2.05) is 0 Å². The third-order valence-corrected chi connectivity index (χ3v) is 5.11. The van der Waals surface area contributed by atoms with Gasteiger partial charge in [-0.05, 0) is 6.92 Å². The van der Waals surface area contributed by atoms with Crippen LogP contribution in [0.1, 0.15) is 6.92 Å². The van der Waals surface area contributed by atoms with Gasteiger partial charge in [0.05, 0.1) is 0 Å². The third kappa shape index (κ3) is 5.69. The zero-order valence-electron chi connectivity index (χ0n) is 18.2. The van der Waals surface area contributed by atoms with Crippen molar-refractivity contribution in [1.82, 2.24) is 0 Å². The Kier molecular flexibility index (Phi) is 9.84. The van der Waals surface area contributed by atoms with Gasteiger partial charge in [0.1, 0.15) is 6.54 Å². The molecule has 0 aromatic rings. The van der Waals surface area contributed by atoms with Gasteiger partial charge in [-0.3, -0.25) is 0 Å². The van der Waals surface area contributed by atoms with E-state index in [0.29, 0.717) is 0 Å². The molecule has 1 aliphatic heterocycles. The van der Waals surface area contributed by atoms with Crippen molar-refractivity contribution in [2.24, 2.45) is 0 Å². The summed E-state index contributed by atoms with van der Waals surface area (Å²) < 4.78 is 287. The quantitative estimate of drug-likeness (QED) is 0.148. The van der Waals surface area contributed by atoms with Gasteiger partial charge >= 0.3 is 59.0 Å². The zero-order chi connectivity index (χ0) is 33.0. The highest BCUT2D eigenvalue weighted by molar-refractivity contribution is 7.86. The molecule has 0 saturated heterocycles. The Bertz CT molecular complexity index is 1060. The predicted octanol–water partition coefficient (Wildman–Crippen LogP) is 5.51. The first-order chi connectivity index (χ1) is 17.1. The van der Waals surface area contributed by atoms with Crippen LogP contribution >= 0.6 is 0 Å². The molecule has 1 heterocycles. The fourth-order valence-electron chi connectivity index (χ4n) is 2.33. The zero-order valence-corrected chi connectivity index (χ0v) is 19.0. The minimum atomic E-state index is -8.63. The molecular weight excluding hydrogens is 658 g/mol. The van der Waals surface area contributed by atoms with Gasteiger partial charge in [0.2, 0.25) is 0 Å². The molecule has 0 radical (unpaired) electrons. The molecule has 0 spiro atoms. The molecule has 40 heavy (non-hydrogen) atoms. The highest BCUT2D eigenvalue weighted by Gasteiger charge is 2.96. The number of rotatable bonds is 8. The van der Waals surface area contributed by atoms with Crippen LogP contribution in [0.3, 0.4) is 0 Å². The van der Waals surface area contributed by atoms with Crippen molar-refractivity contribution in [1.29, 1.82) is 0 Å². The van der Waals surface area contributed by atoms with E-state index in [0.717, 1.165) is 6.92 Å². The molecule has 0 unspecified atom stereocenters. The Labute approximate surface area is 207 Å². The van der Waals surface area contributed by atoms with Crippen molar-refractivity contribution in [3.8, 4) is 0 Å². The van der Waals surface area contributed by atoms with Gasteiger partial charge < -0.3 is 9.29 Å². The third-order valence-electron chi connectivity index (χ3n) is 4.54. The van der Waals surface area contributed by atoms with Crippen LogP contribution in [-0.4, -0.2) is 96.3 Å². The van der Waals surface area contributed by atoms with Crippen molar-refractivity contribution in [3.05, 3.63) is 0 Å². The van der Waals surface area contributed by atoms with Crippen LogP contribution in [0.15, 0.2) is 0 Å². The van der Waals surface area contributed by atoms with E-state index in [9.17, 15) is 87.8 Å². The summed E-state index contributed by atoms with van der Waals surface area (Å²) >= 11 is 0. The molecule has 0 N–H and O–H groups in total. The van der Waals surface area contributed by atoms with Crippen molar-refractivity contribution in [2.75, 3.05) is 19.7 Å². The summed E-state index contributed by atoms with van der Waals surface area (Å²) in [7, 11) is -6.09. The predicted molar refractivity (Wildman–Crippen MR) is 83.1 cm³/mol. The van der Waals surface area contributed by atoms with Crippen LogP contribution < -0.4 is 0 Å². The first kappa shape index (κ1) is 38.0. The first-order valence-corrected chi connectivity index (χ1v) is 10.4. The Balaban J connectivity index is 0.00000165. The second-order valence-corrected chi connectivity index (χ2v) is 8.52. The van der Waals surface area contributed by atoms with E-state index in [-0.39, 0.29) is 4.58 Å². The summed E-state index contributed by atoms with van der Waals surface area (Å²) in [6.07, 6.45) is -7.77. The van der Waals surface area contributed by atoms with E-state index in [2.05, 4.69) is 4.74 Å². The molecule has 0 bridgehead atoms. The number of ether oxygens (including phenoxy) is 1. The van der Waals surface area contributed by atoms with Crippen LogP contribution in [0.5, 0.6) is 0 Å². The Hall–Kier alpha value is -2.02. The van der Waals surface area contributed by atoms with Crippen LogP contribution in [0.25, 0.3) is 0 Å². The maximum absolute atomic E-state index is 14.0. The second-order valence-electron chi connectivity index (χ2n) is 7.15. The molecule has 0 aromatic carbocycles. The van der Waals surface area contributed by atoms with E-state index in [4.69, 9.17) is 13.0 Å². The van der Waals surface area contributed by atoms with Gasteiger partial charge in [-0.1, -0.05) is 0 Å². The molecule has 1 rings (SSSR count). The molecule has 0 saturated carbocycles. The minimum Gasteiger partial charge on any atom is -0.741 e. The number of hydrogen-bond acceptors (Lipinski definition) is 4. The lowest BCUT2D eigenvalue weighted by molar-refractivity contribution is -0.523. The summed E-state index contributed by atoms with van der Waals surface area (Å²) in [5.41, 5.74) is -5.65. The molecule has 0 atom stereocenters. The number of likely N-dealkylation sites (N-methyl/N-ethyl adjacent to an activating group) is 1. The maximum atomic E-state index is 14.0. The fourth-order valence-corrected chi connectivity index (χ4v) is 2.33. The summed E-state index contributed by atoms with van der Waals surface area (Å²) in [5, 5.41) is 0. The lowest BCUT2D eigenvalue weighted by atomic mass is 9.89. The average molecular weight is 667 g/mol. The highest BCUT2D eigenvalue weighted by Crippen LogP contribution is 2.64. The standard InChI is InChI=1S/C13H9F17NO.CHF3O3S/c1-2-31-3-4-32-5(31)6(14,15)7(16,17)8(18,19)9(20,21)10(22,23)11(24,25)12(26,27)13(28,29)30;2-1(3,4)8(5,6)7/h2-4H2,1H3;(H,5,6,7)/q+1;/p-1. The summed E-state index contributed by atoms with van der Waals surface area (Å²) in [6.45, 7) is -1.47. The molecule has 5 nitrogen and oxygen atoms in total. The van der Waals surface area contributed by atoms with Crippen LogP contribution in [0.2, 0.25) is 0 Å². The smallest absolute Gasteiger partial charge is 0.485 e. The molecule has 0 amide bonds. The molecule has 1 aliphatic rings. The minimum absolute atomic E-state index is 0.0344. The van der Waals surface area contributed by atoms with E-state index in [1.54, 1.807) is 0 Å². The summed E-state index contributed by atoms with van der Waals surface area (Å²) in [4.78, 5) is 0. The maximum Gasteiger partial charge on any atom is 0.485 e. The number of alkyl halides is 20.